The Kier molecular flexibility index (Phi) is 8.75. The van der Waals surface area contributed by atoms with Crippen LogP contribution in [0.1, 0.15) is 50.7 Å². The second-order valence-corrected chi connectivity index (χ2v) is 6.44. The Morgan fingerprint density at radius 1 is 1.24 bits per heavy atom. The first-order chi connectivity index (χ1) is 11.8. The molecule has 1 N–H and O–H groups in total. The van der Waals surface area contributed by atoms with E-state index in [1.54, 1.807) is 6.92 Å². The van der Waals surface area contributed by atoms with Crippen LogP contribution >= 0.6 is 11.8 Å². The van der Waals surface area contributed by atoms with E-state index in [-0.39, 0.29) is 24.0 Å². The molecule has 0 spiro atoms. The van der Waals surface area contributed by atoms with Gasteiger partial charge in [-0.05, 0) is 30.4 Å². The monoisotopic (exact) mass is 373 g/mol. The number of thioether (sulfide) groups is 1. The molecule has 0 fully saturated rings. The normalized spacial score (nSPS) is 12.1. The van der Waals surface area contributed by atoms with Crippen molar-refractivity contribution >= 4 is 22.8 Å². The molecule has 0 bridgehead atoms. The van der Waals surface area contributed by atoms with Gasteiger partial charge in [0.1, 0.15) is 0 Å². The maximum absolute atomic E-state index is 12.6. The fourth-order valence-electron chi connectivity index (χ4n) is 1.97. The SMILES string of the molecule is CCCC/C=C(\CC(=O)OCC)SC(=N)c1ccc(C(F)(F)F)cc1. The van der Waals surface area contributed by atoms with Crippen LogP contribution in [-0.4, -0.2) is 17.6 Å². The third kappa shape index (κ3) is 7.77. The van der Waals surface area contributed by atoms with E-state index in [0.29, 0.717) is 10.5 Å². The number of esters is 1. The van der Waals surface area contributed by atoms with Crippen LogP contribution in [0.25, 0.3) is 0 Å². The molecule has 0 heterocycles. The first kappa shape index (κ1) is 21.3. The summed E-state index contributed by atoms with van der Waals surface area (Å²) in [5.74, 6) is -0.377. The Morgan fingerprint density at radius 2 is 1.88 bits per heavy atom. The molecule has 0 aliphatic rings. The molecule has 1 aromatic rings. The lowest BCUT2D eigenvalue weighted by molar-refractivity contribution is -0.142. The van der Waals surface area contributed by atoms with Crippen LogP contribution in [-0.2, 0) is 15.7 Å². The number of ether oxygens (including phenoxy) is 1. The summed E-state index contributed by atoms with van der Waals surface area (Å²) in [6.07, 6.45) is 0.293. The molecule has 0 amide bonds. The van der Waals surface area contributed by atoms with Crippen molar-refractivity contribution < 1.29 is 22.7 Å². The van der Waals surface area contributed by atoms with Crippen molar-refractivity contribution in [3.63, 3.8) is 0 Å². The van der Waals surface area contributed by atoms with Gasteiger partial charge in [0.15, 0.2) is 0 Å². The highest BCUT2D eigenvalue weighted by molar-refractivity contribution is 8.17. The summed E-state index contributed by atoms with van der Waals surface area (Å²) in [6, 6.07) is 4.45. The molecule has 1 rings (SSSR count). The van der Waals surface area contributed by atoms with Crippen LogP contribution in [0.15, 0.2) is 35.2 Å². The van der Waals surface area contributed by atoms with E-state index >= 15 is 0 Å². The van der Waals surface area contributed by atoms with Crippen LogP contribution < -0.4 is 0 Å². The van der Waals surface area contributed by atoms with Crippen LogP contribution in [0, 0.1) is 5.41 Å². The maximum atomic E-state index is 12.6. The molecule has 0 unspecified atom stereocenters. The lowest BCUT2D eigenvalue weighted by atomic mass is 10.1. The predicted octanol–water partition coefficient (Wildman–Crippen LogP) is 5.79. The van der Waals surface area contributed by atoms with Crippen molar-refractivity contribution in [1.29, 1.82) is 5.41 Å². The summed E-state index contributed by atoms with van der Waals surface area (Å²) in [4.78, 5) is 12.4. The number of allylic oxidation sites excluding steroid dienone is 1. The first-order valence-corrected chi connectivity index (χ1v) is 8.88. The lowest BCUT2D eigenvalue weighted by Gasteiger charge is -2.10. The molecule has 0 saturated carbocycles. The number of benzene rings is 1. The zero-order chi connectivity index (χ0) is 18.9. The standard InChI is InChI=1S/C18H22F3NO2S/c1-3-5-6-7-15(12-16(23)24-4-2)25-17(22)13-8-10-14(11-9-13)18(19,20)21/h7-11,22H,3-6,12H2,1-2H3/b15-7+,22-17?. The Bertz CT molecular complexity index is 610. The predicted molar refractivity (Wildman–Crippen MR) is 94.7 cm³/mol. The van der Waals surface area contributed by atoms with Crippen LogP contribution in [0.5, 0.6) is 0 Å². The zero-order valence-corrected chi connectivity index (χ0v) is 15.1. The fraction of sp³-hybridized carbons (Fsp3) is 0.444. The van der Waals surface area contributed by atoms with Crippen LogP contribution in [0.3, 0.4) is 0 Å². The molecule has 138 valence electrons. The van der Waals surface area contributed by atoms with Gasteiger partial charge in [0.05, 0.1) is 23.6 Å². The van der Waals surface area contributed by atoms with Gasteiger partial charge in [-0.3, -0.25) is 10.2 Å². The Labute approximate surface area is 150 Å². The van der Waals surface area contributed by atoms with Gasteiger partial charge in [-0.25, -0.2) is 0 Å². The minimum absolute atomic E-state index is 0.0607. The highest BCUT2D eigenvalue weighted by atomic mass is 32.2. The van der Waals surface area contributed by atoms with Crippen LogP contribution in [0.2, 0.25) is 0 Å². The molecule has 7 heteroatoms. The van der Waals surface area contributed by atoms with Crippen molar-refractivity contribution in [2.24, 2.45) is 0 Å². The summed E-state index contributed by atoms with van der Waals surface area (Å²) >= 11 is 1.08. The zero-order valence-electron chi connectivity index (χ0n) is 14.3. The van der Waals surface area contributed by atoms with Gasteiger partial charge in [0.25, 0.3) is 0 Å². The minimum atomic E-state index is -4.40. The number of carbonyl (C=O) groups excluding carboxylic acids is 1. The molecule has 0 aromatic heterocycles. The number of rotatable bonds is 8. The molecule has 1 aromatic carbocycles. The molecule has 0 aliphatic carbocycles. The van der Waals surface area contributed by atoms with Crippen LogP contribution in [0.4, 0.5) is 13.2 Å². The van der Waals surface area contributed by atoms with E-state index in [2.05, 4.69) is 6.92 Å². The van der Waals surface area contributed by atoms with Crippen molar-refractivity contribution in [2.45, 2.75) is 45.7 Å². The summed E-state index contributed by atoms with van der Waals surface area (Å²) in [7, 11) is 0. The Balaban J connectivity index is 2.82. The van der Waals surface area contributed by atoms with Crippen molar-refractivity contribution in [2.75, 3.05) is 6.61 Å². The quantitative estimate of drug-likeness (QED) is 0.271. The number of unbranched alkanes of at least 4 members (excludes halogenated alkanes) is 2. The van der Waals surface area contributed by atoms with Gasteiger partial charge >= 0.3 is 12.1 Å². The second kappa shape index (κ2) is 10.3. The highest BCUT2D eigenvalue weighted by Crippen LogP contribution is 2.31. The molecular weight excluding hydrogens is 351 g/mol. The van der Waals surface area contributed by atoms with Gasteiger partial charge in [-0.15, -0.1) is 0 Å². The average Bonchev–Trinajstić information content (AvgIpc) is 2.54. The number of alkyl halides is 3. The largest absolute Gasteiger partial charge is 0.466 e. The molecule has 0 saturated heterocycles. The topological polar surface area (TPSA) is 50.2 Å². The Hall–Kier alpha value is -1.76. The molecular formula is C18H22F3NO2S. The third-order valence-electron chi connectivity index (χ3n) is 3.26. The van der Waals surface area contributed by atoms with Crippen molar-refractivity contribution in [3.8, 4) is 0 Å². The number of carbonyl (C=O) groups is 1. The maximum Gasteiger partial charge on any atom is 0.416 e. The van der Waals surface area contributed by atoms with E-state index in [0.717, 1.165) is 43.2 Å². The van der Waals surface area contributed by atoms with E-state index < -0.39 is 11.7 Å². The fourth-order valence-corrected chi connectivity index (χ4v) is 2.88. The van der Waals surface area contributed by atoms with Gasteiger partial charge in [0.2, 0.25) is 0 Å². The number of hydrogen-bond acceptors (Lipinski definition) is 4. The molecule has 0 aliphatic heterocycles. The summed E-state index contributed by atoms with van der Waals surface area (Å²) in [5, 5.41) is 8.20. The first-order valence-electron chi connectivity index (χ1n) is 8.06. The lowest BCUT2D eigenvalue weighted by Crippen LogP contribution is -2.06. The second-order valence-electron chi connectivity index (χ2n) is 5.30. The van der Waals surface area contributed by atoms with E-state index in [4.69, 9.17) is 10.1 Å². The summed E-state index contributed by atoms with van der Waals surface area (Å²) < 4.78 is 42.7. The highest BCUT2D eigenvalue weighted by Gasteiger charge is 2.30. The van der Waals surface area contributed by atoms with Gasteiger partial charge < -0.3 is 4.74 Å². The molecule has 0 atom stereocenters. The smallest absolute Gasteiger partial charge is 0.416 e. The van der Waals surface area contributed by atoms with Gasteiger partial charge in [-0.1, -0.05) is 49.7 Å². The Morgan fingerprint density at radius 3 is 2.40 bits per heavy atom. The molecule has 3 nitrogen and oxygen atoms in total. The van der Waals surface area contributed by atoms with Crippen molar-refractivity contribution in [3.05, 3.63) is 46.4 Å². The third-order valence-corrected chi connectivity index (χ3v) is 4.27. The number of nitrogens with one attached hydrogen (secondary N) is 1. The van der Waals surface area contributed by atoms with E-state index in [1.165, 1.54) is 12.1 Å². The number of hydrogen-bond donors (Lipinski definition) is 1. The van der Waals surface area contributed by atoms with Gasteiger partial charge in [0, 0.05) is 5.56 Å². The van der Waals surface area contributed by atoms with E-state index in [9.17, 15) is 18.0 Å². The van der Waals surface area contributed by atoms with Crippen molar-refractivity contribution in [1.82, 2.24) is 0 Å². The van der Waals surface area contributed by atoms with Gasteiger partial charge in [-0.2, -0.15) is 13.2 Å². The van der Waals surface area contributed by atoms with E-state index in [1.807, 2.05) is 6.08 Å². The average molecular weight is 373 g/mol. The summed E-state index contributed by atoms with van der Waals surface area (Å²) in [6.45, 7) is 4.05. The molecule has 25 heavy (non-hydrogen) atoms. The molecule has 0 radical (unpaired) electrons. The summed E-state index contributed by atoms with van der Waals surface area (Å²) in [5.41, 5.74) is -0.373. The number of halogens is 3. The minimum Gasteiger partial charge on any atom is -0.466 e.